The number of benzene rings is 2. The number of carbonyl (C=O) groups is 1. The first-order valence-electron chi connectivity index (χ1n) is 7.90. The van der Waals surface area contributed by atoms with Crippen molar-refractivity contribution in [2.75, 3.05) is 6.79 Å². The molecule has 0 saturated carbocycles. The zero-order chi connectivity index (χ0) is 17.8. The Morgan fingerprint density at radius 2 is 1.96 bits per heavy atom. The Morgan fingerprint density at radius 1 is 1.20 bits per heavy atom. The van der Waals surface area contributed by atoms with E-state index in [1.54, 1.807) is 24.3 Å². The summed E-state index contributed by atoms with van der Waals surface area (Å²) in [6.45, 7) is 3.97. The molecule has 0 amide bonds. The highest BCUT2D eigenvalue weighted by Gasteiger charge is 2.19. The molecule has 2 aromatic rings. The summed E-state index contributed by atoms with van der Waals surface area (Å²) >= 11 is 0. The number of hydrogen-bond acceptors (Lipinski definition) is 5. The van der Waals surface area contributed by atoms with Crippen molar-refractivity contribution in [1.29, 1.82) is 5.26 Å². The molecule has 0 fully saturated rings. The fraction of sp³-hybridized carbons (Fsp3) is 0.200. The van der Waals surface area contributed by atoms with Gasteiger partial charge in [0.2, 0.25) is 12.6 Å². The van der Waals surface area contributed by atoms with E-state index in [2.05, 4.69) is 0 Å². The molecule has 0 aromatic heterocycles. The molecule has 0 N–H and O–H groups in total. The first-order valence-corrected chi connectivity index (χ1v) is 7.90. The van der Waals surface area contributed by atoms with Gasteiger partial charge in [-0.15, -0.1) is 0 Å². The Kier molecular flexibility index (Phi) is 4.71. The van der Waals surface area contributed by atoms with Crippen LogP contribution in [0.5, 0.6) is 17.2 Å². The lowest BCUT2D eigenvalue weighted by atomic mass is 10.0. The summed E-state index contributed by atoms with van der Waals surface area (Å²) in [5, 5.41) is 9.45. The molecule has 0 bridgehead atoms. The van der Waals surface area contributed by atoms with Crippen molar-refractivity contribution in [2.45, 2.75) is 20.0 Å². The van der Waals surface area contributed by atoms with Crippen LogP contribution in [0, 0.1) is 11.3 Å². The Balaban J connectivity index is 1.94. The second-order valence-corrected chi connectivity index (χ2v) is 5.77. The standard InChI is InChI=1S/C20H17NO4/c1-13(2)25-17-6-4-3-5-14(17)9-16(11-21)20(22)15-7-8-18-19(10-15)24-12-23-18/h3-10,13H,12H2,1-2H3. The van der Waals surface area contributed by atoms with Gasteiger partial charge in [-0.05, 0) is 44.2 Å². The first kappa shape index (κ1) is 16.6. The molecule has 126 valence electrons. The van der Waals surface area contributed by atoms with Gasteiger partial charge in [0, 0.05) is 11.1 Å². The van der Waals surface area contributed by atoms with E-state index >= 15 is 0 Å². The number of nitrogens with zero attached hydrogens (tertiary/aromatic N) is 1. The van der Waals surface area contributed by atoms with Crippen LogP contribution in [0.4, 0.5) is 0 Å². The highest BCUT2D eigenvalue weighted by atomic mass is 16.7. The largest absolute Gasteiger partial charge is 0.490 e. The number of fused-ring (bicyclic) bond motifs is 1. The number of para-hydroxylation sites is 1. The molecular formula is C20H17NO4. The monoisotopic (exact) mass is 335 g/mol. The molecule has 2 aromatic carbocycles. The minimum atomic E-state index is -0.375. The van der Waals surface area contributed by atoms with Crippen LogP contribution in [-0.4, -0.2) is 18.7 Å². The predicted molar refractivity (Wildman–Crippen MR) is 92.7 cm³/mol. The number of carbonyl (C=O) groups excluding carboxylic acids is 1. The van der Waals surface area contributed by atoms with Crippen LogP contribution >= 0.6 is 0 Å². The Labute approximate surface area is 146 Å². The van der Waals surface area contributed by atoms with Gasteiger partial charge < -0.3 is 14.2 Å². The van der Waals surface area contributed by atoms with Gasteiger partial charge in [0.25, 0.3) is 0 Å². The van der Waals surface area contributed by atoms with Gasteiger partial charge >= 0.3 is 0 Å². The molecule has 25 heavy (non-hydrogen) atoms. The van der Waals surface area contributed by atoms with Crippen molar-refractivity contribution in [3.63, 3.8) is 0 Å². The maximum Gasteiger partial charge on any atom is 0.231 e. The normalized spacial score (nSPS) is 12.8. The Morgan fingerprint density at radius 3 is 2.72 bits per heavy atom. The summed E-state index contributed by atoms with van der Waals surface area (Å²) < 4.78 is 16.3. The fourth-order valence-corrected chi connectivity index (χ4v) is 2.46. The maximum absolute atomic E-state index is 12.7. The summed E-state index contributed by atoms with van der Waals surface area (Å²) in [4.78, 5) is 12.7. The second-order valence-electron chi connectivity index (χ2n) is 5.77. The highest BCUT2D eigenvalue weighted by Crippen LogP contribution is 2.33. The summed E-state index contributed by atoms with van der Waals surface area (Å²) in [7, 11) is 0. The molecule has 1 heterocycles. The zero-order valence-corrected chi connectivity index (χ0v) is 14.0. The van der Waals surface area contributed by atoms with Crippen LogP contribution in [0.15, 0.2) is 48.0 Å². The first-order chi connectivity index (χ1) is 12.1. The van der Waals surface area contributed by atoms with Crippen LogP contribution in [0.2, 0.25) is 0 Å². The minimum absolute atomic E-state index is 0.00959. The molecule has 0 spiro atoms. The molecule has 0 unspecified atom stereocenters. The van der Waals surface area contributed by atoms with Gasteiger partial charge in [0.1, 0.15) is 17.4 Å². The lowest BCUT2D eigenvalue weighted by molar-refractivity contribution is 0.103. The molecule has 5 heteroatoms. The molecular weight excluding hydrogens is 318 g/mol. The average molecular weight is 335 g/mol. The van der Waals surface area contributed by atoms with Crippen LogP contribution in [-0.2, 0) is 0 Å². The topological polar surface area (TPSA) is 68.5 Å². The van der Waals surface area contributed by atoms with Gasteiger partial charge in [-0.25, -0.2) is 0 Å². The Hall–Kier alpha value is -3.26. The van der Waals surface area contributed by atoms with E-state index in [0.29, 0.717) is 28.4 Å². The van der Waals surface area contributed by atoms with Crippen LogP contribution < -0.4 is 14.2 Å². The molecule has 0 saturated heterocycles. The SMILES string of the molecule is CC(C)Oc1ccccc1C=C(C#N)C(=O)c1ccc2c(c1)OCO2. The summed E-state index contributed by atoms with van der Waals surface area (Å²) in [6, 6.07) is 14.2. The zero-order valence-electron chi connectivity index (χ0n) is 14.0. The number of Topliss-reactive ketones (excluding diaryl/α,β-unsaturated/α-hetero) is 1. The minimum Gasteiger partial charge on any atom is -0.490 e. The molecule has 3 rings (SSSR count). The van der Waals surface area contributed by atoms with Gasteiger partial charge in [-0.3, -0.25) is 4.79 Å². The fourth-order valence-electron chi connectivity index (χ4n) is 2.46. The van der Waals surface area contributed by atoms with Crippen molar-refractivity contribution in [3.8, 4) is 23.3 Å². The number of ether oxygens (including phenoxy) is 3. The molecule has 1 aliphatic heterocycles. The van der Waals surface area contributed by atoms with Gasteiger partial charge in [0.15, 0.2) is 11.5 Å². The number of rotatable bonds is 5. The van der Waals surface area contributed by atoms with Gasteiger partial charge in [-0.2, -0.15) is 5.26 Å². The van der Waals surface area contributed by atoms with E-state index in [-0.39, 0.29) is 24.3 Å². The quantitative estimate of drug-likeness (QED) is 0.469. The van der Waals surface area contributed by atoms with E-state index < -0.39 is 0 Å². The van der Waals surface area contributed by atoms with E-state index in [1.165, 1.54) is 0 Å². The van der Waals surface area contributed by atoms with Crippen molar-refractivity contribution in [2.24, 2.45) is 0 Å². The van der Waals surface area contributed by atoms with Gasteiger partial charge in [0.05, 0.1) is 6.10 Å². The smallest absolute Gasteiger partial charge is 0.231 e. The maximum atomic E-state index is 12.7. The third kappa shape index (κ3) is 3.64. The Bertz CT molecular complexity index is 878. The lowest BCUT2D eigenvalue weighted by Gasteiger charge is -2.12. The molecule has 1 aliphatic rings. The summed E-state index contributed by atoms with van der Waals surface area (Å²) in [6.07, 6.45) is 1.54. The average Bonchev–Trinajstić information content (AvgIpc) is 3.07. The molecule has 0 radical (unpaired) electrons. The lowest BCUT2D eigenvalue weighted by Crippen LogP contribution is -2.07. The van der Waals surface area contributed by atoms with Crippen molar-refractivity contribution >= 4 is 11.9 Å². The van der Waals surface area contributed by atoms with Crippen LogP contribution in [0.25, 0.3) is 6.08 Å². The number of hydrogen-bond donors (Lipinski definition) is 0. The highest BCUT2D eigenvalue weighted by molar-refractivity contribution is 6.14. The van der Waals surface area contributed by atoms with Crippen molar-refractivity contribution < 1.29 is 19.0 Å². The van der Waals surface area contributed by atoms with Crippen LogP contribution in [0.3, 0.4) is 0 Å². The molecule has 0 atom stereocenters. The summed E-state index contributed by atoms with van der Waals surface area (Å²) in [5.74, 6) is 1.35. The van der Waals surface area contributed by atoms with E-state index in [4.69, 9.17) is 14.2 Å². The molecule has 5 nitrogen and oxygen atoms in total. The van der Waals surface area contributed by atoms with Crippen LogP contribution in [0.1, 0.15) is 29.8 Å². The summed E-state index contributed by atoms with van der Waals surface area (Å²) in [5.41, 5.74) is 1.08. The second kappa shape index (κ2) is 7.10. The number of allylic oxidation sites excluding steroid dienone is 1. The predicted octanol–water partition coefficient (Wildman–Crippen LogP) is 3.99. The van der Waals surface area contributed by atoms with E-state index in [9.17, 15) is 10.1 Å². The number of nitriles is 1. The van der Waals surface area contributed by atoms with Crippen molar-refractivity contribution in [1.82, 2.24) is 0 Å². The van der Waals surface area contributed by atoms with Crippen molar-refractivity contribution in [3.05, 3.63) is 59.2 Å². The third-order valence-electron chi connectivity index (χ3n) is 3.58. The third-order valence-corrected chi connectivity index (χ3v) is 3.58. The van der Waals surface area contributed by atoms with Gasteiger partial charge in [-0.1, -0.05) is 18.2 Å². The van der Waals surface area contributed by atoms with E-state index in [1.807, 2.05) is 44.2 Å². The molecule has 0 aliphatic carbocycles. The number of ketones is 1. The van der Waals surface area contributed by atoms with E-state index in [0.717, 1.165) is 0 Å².